The fourth-order valence-electron chi connectivity index (χ4n) is 3.85. The Bertz CT molecular complexity index is 1190. The van der Waals surface area contributed by atoms with Crippen molar-refractivity contribution < 1.29 is 28.7 Å². The van der Waals surface area contributed by atoms with Gasteiger partial charge in [0.15, 0.2) is 0 Å². The van der Waals surface area contributed by atoms with Crippen LogP contribution in [0, 0.1) is 13.8 Å². The molecular formula is C23H26N4O6S. The van der Waals surface area contributed by atoms with E-state index in [9.17, 15) is 24.0 Å². The summed E-state index contributed by atoms with van der Waals surface area (Å²) < 4.78 is 5.07. The molecular weight excluding hydrogens is 460 g/mol. The molecule has 0 aliphatic carbocycles. The minimum atomic E-state index is -1.31. The van der Waals surface area contributed by atoms with E-state index in [2.05, 4.69) is 16.0 Å². The van der Waals surface area contributed by atoms with Crippen LogP contribution in [0.1, 0.15) is 50.6 Å². The fourth-order valence-corrected chi connectivity index (χ4v) is 5.00. The maximum Gasteiger partial charge on any atom is 0.341 e. The Morgan fingerprint density at radius 3 is 2.47 bits per heavy atom. The van der Waals surface area contributed by atoms with E-state index in [1.807, 2.05) is 19.1 Å². The smallest absolute Gasteiger partial charge is 0.341 e. The number of carbonyl (C=O) groups excluding carboxylic acids is 5. The molecule has 0 bridgehead atoms. The van der Waals surface area contributed by atoms with E-state index in [1.54, 1.807) is 32.9 Å². The Kier molecular flexibility index (Phi) is 7.06. The second kappa shape index (κ2) is 9.64. The number of imide groups is 1. The van der Waals surface area contributed by atoms with Crippen molar-refractivity contribution in [1.29, 1.82) is 0 Å². The summed E-state index contributed by atoms with van der Waals surface area (Å²) in [6.45, 7) is 6.17. The maximum absolute atomic E-state index is 13.2. The molecule has 3 rings (SSSR count). The van der Waals surface area contributed by atoms with Crippen LogP contribution in [0.5, 0.6) is 0 Å². The molecule has 0 saturated carbocycles. The number of aryl methyl sites for hydroxylation is 1. The van der Waals surface area contributed by atoms with Gasteiger partial charge in [-0.25, -0.2) is 9.59 Å². The summed E-state index contributed by atoms with van der Waals surface area (Å²) in [4.78, 5) is 64.4. The highest BCUT2D eigenvalue weighted by Gasteiger charge is 2.50. The molecule has 3 N–H and O–H groups in total. The van der Waals surface area contributed by atoms with Crippen molar-refractivity contribution in [2.45, 2.75) is 33.2 Å². The van der Waals surface area contributed by atoms with Gasteiger partial charge in [0, 0.05) is 7.05 Å². The lowest BCUT2D eigenvalue weighted by molar-refractivity contribution is -0.133. The van der Waals surface area contributed by atoms with E-state index in [-0.39, 0.29) is 22.0 Å². The second-order valence-electron chi connectivity index (χ2n) is 7.87. The number of rotatable bonds is 7. The van der Waals surface area contributed by atoms with Gasteiger partial charge in [0.1, 0.15) is 17.1 Å². The predicted octanol–water partition coefficient (Wildman–Crippen LogP) is 2.31. The quantitative estimate of drug-likeness (QED) is 0.406. The molecule has 1 aliphatic heterocycles. The average Bonchev–Trinajstić information content (AvgIpc) is 3.22. The highest BCUT2D eigenvalue weighted by Crippen LogP contribution is 2.34. The maximum atomic E-state index is 13.2. The summed E-state index contributed by atoms with van der Waals surface area (Å²) in [5.74, 6) is -2.38. The zero-order chi connectivity index (χ0) is 25.2. The third-order valence-corrected chi connectivity index (χ3v) is 6.78. The third-order valence-electron chi connectivity index (χ3n) is 5.57. The molecule has 34 heavy (non-hydrogen) atoms. The molecule has 1 aliphatic rings. The van der Waals surface area contributed by atoms with Gasteiger partial charge in [-0.05, 0) is 44.4 Å². The number of thiophene rings is 1. The molecule has 0 radical (unpaired) electrons. The average molecular weight is 487 g/mol. The van der Waals surface area contributed by atoms with Gasteiger partial charge in [-0.1, -0.05) is 24.3 Å². The SMILES string of the molecule is CCOC(=O)c1c(NC(=O)CN2C(=O)NC(C)(c3ccccc3C)C2=O)sc(C(=O)NC)c1C. The van der Waals surface area contributed by atoms with Gasteiger partial charge in [-0.15, -0.1) is 11.3 Å². The lowest BCUT2D eigenvalue weighted by Crippen LogP contribution is -2.42. The topological polar surface area (TPSA) is 134 Å². The summed E-state index contributed by atoms with van der Waals surface area (Å²) >= 11 is 0.911. The van der Waals surface area contributed by atoms with Crippen LogP contribution in [0.4, 0.5) is 9.80 Å². The molecule has 1 atom stereocenters. The first-order valence-corrected chi connectivity index (χ1v) is 11.4. The van der Waals surface area contributed by atoms with Crippen molar-refractivity contribution in [1.82, 2.24) is 15.5 Å². The Morgan fingerprint density at radius 2 is 1.85 bits per heavy atom. The van der Waals surface area contributed by atoms with Gasteiger partial charge in [0.2, 0.25) is 5.91 Å². The predicted molar refractivity (Wildman–Crippen MR) is 126 cm³/mol. The number of hydrogen-bond donors (Lipinski definition) is 3. The van der Waals surface area contributed by atoms with Crippen LogP contribution in [-0.2, 0) is 19.9 Å². The van der Waals surface area contributed by atoms with Crippen molar-refractivity contribution in [2.24, 2.45) is 0 Å². The van der Waals surface area contributed by atoms with E-state index in [1.165, 1.54) is 7.05 Å². The molecule has 2 heterocycles. The second-order valence-corrected chi connectivity index (χ2v) is 8.89. The van der Waals surface area contributed by atoms with Crippen LogP contribution in [0.15, 0.2) is 24.3 Å². The highest BCUT2D eigenvalue weighted by atomic mass is 32.1. The molecule has 1 unspecified atom stereocenters. The van der Waals surface area contributed by atoms with Crippen LogP contribution in [0.3, 0.4) is 0 Å². The number of esters is 1. The monoisotopic (exact) mass is 486 g/mol. The number of hydrogen-bond acceptors (Lipinski definition) is 7. The number of anilines is 1. The Morgan fingerprint density at radius 1 is 1.18 bits per heavy atom. The van der Waals surface area contributed by atoms with Gasteiger partial charge >= 0.3 is 12.0 Å². The molecule has 5 amide bonds. The fraction of sp³-hybridized carbons (Fsp3) is 0.348. The van der Waals surface area contributed by atoms with Gasteiger partial charge in [-0.2, -0.15) is 0 Å². The highest BCUT2D eigenvalue weighted by molar-refractivity contribution is 7.18. The summed E-state index contributed by atoms with van der Waals surface area (Å²) in [5, 5.41) is 7.83. The molecule has 1 saturated heterocycles. The van der Waals surface area contributed by atoms with Crippen LogP contribution in [0.2, 0.25) is 0 Å². The number of nitrogens with one attached hydrogen (secondary N) is 3. The van der Waals surface area contributed by atoms with Gasteiger partial charge in [-0.3, -0.25) is 19.3 Å². The van der Waals surface area contributed by atoms with Gasteiger partial charge in [0.05, 0.1) is 17.0 Å². The summed E-state index contributed by atoms with van der Waals surface area (Å²) in [6, 6.07) is 6.46. The molecule has 1 aromatic heterocycles. The minimum Gasteiger partial charge on any atom is -0.462 e. The lowest BCUT2D eigenvalue weighted by Gasteiger charge is -2.24. The van der Waals surface area contributed by atoms with E-state index >= 15 is 0 Å². The summed E-state index contributed by atoms with van der Waals surface area (Å²) in [6.07, 6.45) is 0. The first kappa shape index (κ1) is 24.9. The minimum absolute atomic E-state index is 0.0562. The van der Waals surface area contributed by atoms with Crippen molar-refractivity contribution in [2.75, 3.05) is 25.5 Å². The van der Waals surface area contributed by atoms with E-state index in [0.29, 0.717) is 11.1 Å². The van der Waals surface area contributed by atoms with E-state index < -0.39 is 41.8 Å². The standard InChI is InChI=1S/C23H26N4O6S/c1-6-33-20(30)16-13(3)17(18(29)24-5)34-19(16)25-15(28)11-27-21(31)23(4,26-22(27)32)14-10-8-7-9-12(14)2/h7-10H,6,11H2,1-5H3,(H,24,29)(H,25,28)(H,26,32). The van der Waals surface area contributed by atoms with Gasteiger partial charge < -0.3 is 20.7 Å². The number of carbonyl (C=O) groups is 5. The van der Waals surface area contributed by atoms with Crippen LogP contribution in [-0.4, -0.2) is 54.8 Å². The number of benzene rings is 1. The van der Waals surface area contributed by atoms with Crippen LogP contribution >= 0.6 is 11.3 Å². The molecule has 180 valence electrons. The Hall–Kier alpha value is -3.73. The first-order chi connectivity index (χ1) is 16.0. The first-order valence-electron chi connectivity index (χ1n) is 10.6. The van der Waals surface area contributed by atoms with Crippen molar-refractivity contribution in [3.05, 3.63) is 51.4 Å². The molecule has 10 nitrogen and oxygen atoms in total. The van der Waals surface area contributed by atoms with Crippen molar-refractivity contribution in [3.63, 3.8) is 0 Å². The summed E-state index contributed by atoms with van der Waals surface area (Å²) in [7, 11) is 1.45. The van der Waals surface area contributed by atoms with Crippen LogP contribution < -0.4 is 16.0 Å². The third kappa shape index (κ3) is 4.38. The lowest BCUT2D eigenvalue weighted by atomic mass is 9.88. The number of amides is 5. The Labute approximate surface area is 200 Å². The van der Waals surface area contributed by atoms with Crippen molar-refractivity contribution in [3.8, 4) is 0 Å². The van der Waals surface area contributed by atoms with Gasteiger partial charge in [0.25, 0.3) is 11.8 Å². The Balaban J connectivity index is 1.85. The molecule has 1 fully saturated rings. The van der Waals surface area contributed by atoms with Crippen molar-refractivity contribution >= 4 is 46.1 Å². The van der Waals surface area contributed by atoms with Crippen LogP contribution in [0.25, 0.3) is 0 Å². The number of ether oxygens (including phenoxy) is 1. The molecule has 2 aromatic rings. The molecule has 11 heteroatoms. The molecule has 0 spiro atoms. The molecule has 1 aromatic carbocycles. The van der Waals surface area contributed by atoms with E-state index in [4.69, 9.17) is 4.74 Å². The number of nitrogens with zero attached hydrogens (tertiary/aromatic N) is 1. The zero-order valence-electron chi connectivity index (χ0n) is 19.5. The summed E-state index contributed by atoms with van der Waals surface area (Å²) in [5.41, 5.74) is 0.552. The largest absolute Gasteiger partial charge is 0.462 e. The number of urea groups is 1. The zero-order valence-corrected chi connectivity index (χ0v) is 20.3. The van der Waals surface area contributed by atoms with E-state index in [0.717, 1.165) is 21.8 Å². The normalized spacial score (nSPS) is 17.4.